The molecule has 0 aliphatic rings. The molecule has 0 saturated heterocycles. The van der Waals surface area contributed by atoms with Gasteiger partial charge in [-0.05, 0) is 39.0 Å². The fourth-order valence-corrected chi connectivity index (χ4v) is 1.95. The van der Waals surface area contributed by atoms with Gasteiger partial charge in [-0.2, -0.15) is 13.2 Å². The van der Waals surface area contributed by atoms with Crippen molar-refractivity contribution in [1.82, 2.24) is 0 Å². The quantitative estimate of drug-likeness (QED) is 0.812. The summed E-state index contributed by atoms with van der Waals surface area (Å²) in [6.07, 6.45) is -4.53. The Hall–Kier alpha value is -1.63. The van der Waals surface area contributed by atoms with Crippen LogP contribution in [0, 0.1) is 0 Å². The Labute approximate surface area is 128 Å². The van der Waals surface area contributed by atoms with Crippen LogP contribution in [-0.4, -0.2) is 11.7 Å². The molecule has 1 N–H and O–H groups in total. The zero-order chi connectivity index (χ0) is 16.4. The Morgan fingerprint density at radius 2 is 1.67 bits per heavy atom. The molecule has 0 aromatic heterocycles. The van der Waals surface area contributed by atoms with Gasteiger partial charge in [0.2, 0.25) is 0 Å². The maximum atomic E-state index is 12.8. The minimum atomic E-state index is -4.53. The number of rotatable bonds is 3. The molecule has 0 aliphatic carbocycles. The summed E-state index contributed by atoms with van der Waals surface area (Å²) >= 11 is 2.82. The molecule has 3 nitrogen and oxygen atoms in total. The molecule has 1 aromatic carbocycles. The molecule has 1 aromatic rings. The largest absolute Gasteiger partial charge is 0.417 e. The monoisotopic (exact) mass is 363 g/mol. The number of Topliss-reactive ketones (excluding diaryl/α,β-unsaturated/α-hetero) is 1. The van der Waals surface area contributed by atoms with Gasteiger partial charge in [-0.3, -0.25) is 9.59 Å². The van der Waals surface area contributed by atoms with E-state index >= 15 is 0 Å². The van der Waals surface area contributed by atoms with Crippen LogP contribution in [0.1, 0.15) is 26.3 Å². The molecule has 0 saturated carbocycles. The van der Waals surface area contributed by atoms with Crippen molar-refractivity contribution in [1.29, 1.82) is 0 Å². The molecule has 1 rings (SSSR count). The van der Waals surface area contributed by atoms with E-state index in [1.807, 2.05) is 0 Å². The van der Waals surface area contributed by atoms with Gasteiger partial charge in [0, 0.05) is 21.3 Å². The fraction of sp³-hybridized carbons (Fsp3) is 0.286. The molecule has 0 bridgehead atoms. The molecule has 0 aliphatic heterocycles. The van der Waals surface area contributed by atoms with Crippen LogP contribution in [0.4, 0.5) is 18.9 Å². The van der Waals surface area contributed by atoms with Crippen molar-refractivity contribution < 1.29 is 22.8 Å². The maximum absolute atomic E-state index is 12.8. The standard InChI is InChI=1S/C14H13BrF3NO2/c1-7(9(3)20)8(2)13(21)19-10-4-5-12(15)11(6-10)14(16,17)18/h4-6H,1-3H3,(H,19,21)/b8-7-. The number of nitrogens with one attached hydrogen (secondary N) is 1. The van der Waals surface area contributed by atoms with Crippen LogP contribution >= 0.6 is 15.9 Å². The lowest BCUT2D eigenvalue weighted by Crippen LogP contribution is -2.16. The number of carbonyl (C=O) groups is 2. The SMILES string of the molecule is CC(=O)/C(C)=C(/C)C(=O)Nc1ccc(Br)c(C(F)(F)F)c1. The third kappa shape index (κ3) is 4.42. The van der Waals surface area contributed by atoms with E-state index in [9.17, 15) is 22.8 Å². The number of halogens is 4. The number of hydrogen-bond donors (Lipinski definition) is 1. The molecule has 0 fully saturated rings. The van der Waals surface area contributed by atoms with Gasteiger partial charge in [-0.15, -0.1) is 0 Å². The van der Waals surface area contributed by atoms with E-state index in [0.717, 1.165) is 6.07 Å². The minimum Gasteiger partial charge on any atom is -0.322 e. The van der Waals surface area contributed by atoms with Crippen LogP contribution in [0.3, 0.4) is 0 Å². The number of carbonyl (C=O) groups excluding carboxylic acids is 2. The summed E-state index contributed by atoms with van der Waals surface area (Å²) in [7, 11) is 0. The second kappa shape index (κ2) is 6.43. The Morgan fingerprint density at radius 3 is 2.14 bits per heavy atom. The molecule has 0 spiro atoms. The number of anilines is 1. The van der Waals surface area contributed by atoms with Gasteiger partial charge in [0.05, 0.1) is 5.56 Å². The number of ketones is 1. The van der Waals surface area contributed by atoms with Gasteiger partial charge in [0.1, 0.15) is 0 Å². The third-order valence-electron chi connectivity index (χ3n) is 2.96. The molecule has 1 amide bonds. The molecule has 7 heteroatoms. The van der Waals surface area contributed by atoms with Crippen LogP contribution in [0.25, 0.3) is 0 Å². The Kier molecular flexibility index (Phi) is 5.33. The van der Waals surface area contributed by atoms with E-state index < -0.39 is 17.6 Å². The van der Waals surface area contributed by atoms with Crippen molar-refractivity contribution in [2.45, 2.75) is 26.9 Å². The van der Waals surface area contributed by atoms with Crippen LogP contribution in [0.15, 0.2) is 33.8 Å². The number of benzene rings is 1. The van der Waals surface area contributed by atoms with Crippen molar-refractivity contribution in [2.75, 3.05) is 5.32 Å². The summed E-state index contributed by atoms with van der Waals surface area (Å²) in [5.41, 5.74) is -0.448. The number of alkyl halides is 3. The first kappa shape index (κ1) is 17.4. The van der Waals surface area contributed by atoms with Gasteiger partial charge in [0.25, 0.3) is 5.91 Å². The minimum absolute atomic E-state index is 0.00577. The molecule has 0 radical (unpaired) electrons. The van der Waals surface area contributed by atoms with Crippen LogP contribution in [0.2, 0.25) is 0 Å². The third-order valence-corrected chi connectivity index (χ3v) is 3.65. The van der Waals surface area contributed by atoms with E-state index in [-0.39, 0.29) is 27.1 Å². The van der Waals surface area contributed by atoms with E-state index in [4.69, 9.17) is 0 Å². The van der Waals surface area contributed by atoms with Crippen molar-refractivity contribution in [2.24, 2.45) is 0 Å². The predicted octanol–water partition coefficient (Wildman–Crippen LogP) is 4.33. The molecular formula is C14H13BrF3NO2. The van der Waals surface area contributed by atoms with Crippen LogP contribution in [-0.2, 0) is 15.8 Å². The topological polar surface area (TPSA) is 46.2 Å². The van der Waals surface area contributed by atoms with Crippen molar-refractivity contribution in [3.05, 3.63) is 39.4 Å². The highest BCUT2D eigenvalue weighted by Crippen LogP contribution is 2.36. The normalized spacial score (nSPS) is 12.7. The Bertz CT molecular complexity index is 621. The van der Waals surface area contributed by atoms with Crippen LogP contribution < -0.4 is 5.32 Å². The number of amides is 1. The Balaban J connectivity index is 3.08. The number of hydrogen-bond acceptors (Lipinski definition) is 2. The van der Waals surface area contributed by atoms with E-state index in [1.54, 1.807) is 0 Å². The smallest absolute Gasteiger partial charge is 0.322 e. The van der Waals surface area contributed by atoms with E-state index in [2.05, 4.69) is 21.2 Å². The lowest BCUT2D eigenvalue weighted by Gasteiger charge is -2.12. The summed E-state index contributed by atoms with van der Waals surface area (Å²) in [6, 6.07) is 3.38. The Morgan fingerprint density at radius 1 is 1.10 bits per heavy atom. The van der Waals surface area contributed by atoms with Crippen molar-refractivity contribution >= 4 is 33.3 Å². The fourth-order valence-electron chi connectivity index (χ4n) is 1.48. The summed E-state index contributed by atoms with van der Waals surface area (Å²) in [4.78, 5) is 23.1. The lowest BCUT2D eigenvalue weighted by atomic mass is 10.1. The first-order valence-electron chi connectivity index (χ1n) is 5.90. The highest BCUT2D eigenvalue weighted by Gasteiger charge is 2.33. The summed E-state index contributed by atoms with van der Waals surface area (Å²) in [5.74, 6) is -0.882. The zero-order valence-corrected chi connectivity index (χ0v) is 13.1. The van der Waals surface area contributed by atoms with E-state index in [0.29, 0.717) is 0 Å². The predicted molar refractivity (Wildman–Crippen MR) is 76.8 cm³/mol. The summed E-state index contributed by atoms with van der Waals surface area (Å²) in [5, 5.41) is 2.35. The highest BCUT2D eigenvalue weighted by atomic mass is 79.9. The number of allylic oxidation sites excluding steroid dienone is 1. The van der Waals surface area contributed by atoms with Gasteiger partial charge < -0.3 is 5.32 Å². The van der Waals surface area contributed by atoms with Gasteiger partial charge in [0.15, 0.2) is 5.78 Å². The maximum Gasteiger partial charge on any atom is 0.417 e. The van der Waals surface area contributed by atoms with E-state index in [1.165, 1.54) is 32.9 Å². The molecule has 0 atom stereocenters. The first-order chi connectivity index (χ1) is 9.54. The first-order valence-corrected chi connectivity index (χ1v) is 6.70. The van der Waals surface area contributed by atoms with Crippen molar-refractivity contribution in [3.8, 4) is 0 Å². The van der Waals surface area contributed by atoms with Crippen molar-refractivity contribution in [3.63, 3.8) is 0 Å². The second-order valence-corrected chi connectivity index (χ2v) is 5.31. The van der Waals surface area contributed by atoms with Gasteiger partial charge in [-0.25, -0.2) is 0 Å². The van der Waals surface area contributed by atoms with Crippen LogP contribution in [0.5, 0.6) is 0 Å². The second-order valence-electron chi connectivity index (χ2n) is 4.45. The zero-order valence-electron chi connectivity index (χ0n) is 11.6. The summed E-state index contributed by atoms with van der Waals surface area (Å²) < 4.78 is 38.2. The molecule has 21 heavy (non-hydrogen) atoms. The molecule has 114 valence electrons. The van der Waals surface area contributed by atoms with Gasteiger partial charge in [-0.1, -0.05) is 15.9 Å². The highest BCUT2D eigenvalue weighted by molar-refractivity contribution is 9.10. The molecule has 0 unspecified atom stereocenters. The average Bonchev–Trinajstić information content (AvgIpc) is 2.37. The van der Waals surface area contributed by atoms with Gasteiger partial charge >= 0.3 is 6.18 Å². The molecule has 0 heterocycles. The summed E-state index contributed by atoms with van der Waals surface area (Å²) in [6.45, 7) is 4.24. The lowest BCUT2D eigenvalue weighted by molar-refractivity contribution is -0.138. The average molecular weight is 364 g/mol. The molecular weight excluding hydrogens is 351 g/mol.